The van der Waals surface area contributed by atoms with Crippen LogP contribution in [0.3, 0.4) is 0 Å². The zero-order valence-electron chi connectivity index (χ0n) is 9.97. The molecule has 1 unspecified atom stereocenters. The molecule has 1 fully saturated rings. The highest BCUT2D eigenvalue weighted by Gasteiger charge is 2.33. The van der Waals surface area contributed by atoms with Crippen molar-refractivity contribution in [2.24, 2.45) is 0 Å². The molecule has 1 saturated heterocycles. The monoisotopic (exact) mass is 271 g/mol. The number of likely N-dealkylation sites (tertiary alicyclic amines) is 1. The van der Waals surface area contributed by atoms with Crippen molar-refractivity contribution in [1.29, 1.82) is 0 Å². The molecule has 2 rings (SSSR count). The van der Waals surface area contributed by atoms with Crippen LogP contribution in [0.4, 0.5) is 4.39 Å². The molecule has 0 spiro atoms. The standard InChI is InChI=1S/C12H14FNO3S/c1-18(16,17)9-6-7-14(8-9)12(15)10-4-2-3-5-11(10)13/h2-5,9H,6-8H2,1H3. The Kier molecular flexibility index (Phi) is 3.38. The summed E-state index contributed by atoms with van der Waals surface area (Å²) >= 11 is 0. The Morgan fingerprint density at radius 1 is 1.39 bits per heavy atom. The molecule has 0 saturated carbocycles. The van der Waals surface area contributed by atoms with Crippen LogP contribution in [0, 0.1) is 5.82 Å². The zero-order chi connectivity index (χ0) is 13.3. The first-order valence-corrected chi connectivity index (χ1v) is 7.57. The number of rotatable bonds is 2. The first kappa shape index (κ1) is 13.0. The molecule has 6 heteroatoms. The van der Waals surface area contributed by atoms with Gasteiger partial charge in [-0.2, -0.15) is 0 Å². The minimum Gasteiger partial charge on any atom is -0.337 e. The summed E-state index contributed by atoms with van der Waals surface area (Å²) in [5, 5.41) is -0.534. The fourth-order valence-electron chi connectivity index (χ4n) is 2.07. The van der Waals surface area contributed by atoms with Gasteiger partial charge >= 0.3 is 0 Å². The van der Waals surface area contributed by atoms with Crippen molar-refractivity contribution in [1.82, 2.24) is 4.90 Å². The van der Waals surface area contributed by atoms with Gasteiger partial charge in [0.15, 0.2) is 9.84 Å². The molecule has 1 heterocycles. The minimum absolute atomic E-state index is 0.00773. The fourth-order valence-corrected chi connectivity index (χ4v) is 3.05. The summed E-state index contributed by atoms with van der Waals surface area (Å²) < 4.78 is 36.2. The molecule has 0 N–H and O–H groups in total. The molecule has 0 radical (unpaired) electrons. The van der Waals surface area contributed by atoms with Gasteiger partial charge in [-0.1, -0.05) is 12.1 Å². The third-order valence-corrected chi connectivity index (χ3v) is 4.74. The Morgan fingerprint density at radius 2 is 2.06 bits per heavy atom. The summed E-state index contributed by atoms with van der Waals surface area (Å²) in [5.74, 6) is -1.02. The maximum absolute atomic E-state index is 13.5. The summed E-state index contributed by atoms with van der Waals surface area (Å²) in [7, 11) is -3.15. The lowest BCUT2D eigenvalue weighted by Gasteiger charge is -2.16. The Morgan fingerprint density at radius 3 is 2.61 bits per heavy atom. The molecule has 4 nitrogen and oxygen atoms in total. The van der Waals surface area contributed by atoms with Gasteiger partial charge in [0.25, 0.3) is 5.91 Å². The first-order chi connectivity index (χ1) is 8.39. The number of benzene rings is 1. The SMILES string of the molecule is CS(=O)(=O)C1CCN(C(=O)c2ccccc2F)C1. The molecule has 98 valence electrons. The summed E-state index contributed by atoms with van der Waals surface area (Å²) in [6.07, 6.45) is 1.58. The van der Waals surface area contributed by atoms with E-state index in [1.807, 2.05) is 0 Å². The average molecular weight is 271 g/mol. The Bertz CT molecular complexity index is 570. The highest BCUT2D eigenvalue weighted by Crippen LogP contribution is 2.19. The lowest BCUT2D eigenvalue weighted by Crippen LogP contribution is -2.32. The number of amides is 1. The lowest BCUT2D eigenvalue weighted by atomic mass is 10.2. The maximum Gasteiger partial charge on any atom is 0.256 e. The van der Waals surface area contributed by atoms with E-state index in [0.29, 0.717) is 13.0 Å². The molecular formula is C12H14FNO3S. The second kappa shape index (κ2) is 4.68. The van der Waals surface area contributed by atoms with E-state index in [0.717, 1.165) is 6.26 Å². The quantitative estimate of drug-likeness (QED) is 0.809. The van der Waals surface area contributed by atoms with Crippen LogP contribution >= 0.6 is 0 Å². The molecular weight excluding hydrogens is 257 g/mol. The first-order valence-electron chi connectivity index (χ1n) is 5.62. The van der Waals surface area contributed by atoms with Crippen molar-refractivity contribution in [2.75, 3.05) is 19.3 Å². The second-order valence-electron chi connectivity index (χ2n) is 4.47. The molecule has 0 aliphatic carbocycles. The minimum atomic E-state index is -3.15. The van der Waals surface area contributed by atoms with Gasteiger partial charge in [-0.3, -0.25) is 4.79 Å². The van der Waals surface area contributed by atoms with Gasteiger partial charge in [0.1, 0.15) is 5.82 Å². The van der Waals surface area contributed by atoms with E-state index >= 15 is 0 Å². The topological polar surface area (TPSA) is 54.5 Å². The number of carbonyl (C=O) groups is 1. The van der Waals surface area contributed by atoms with Gasteiger partial charge in [0, 0.05) is 19.3 Å². The summed E-state index contributed by atoms with van der Waals surface area (Å²) in [6.45, 7) is 0.497. The molecule has 0 bridgehead atoms. The predicted molar refractivity (Wildman–Crippen MR) is 65.6 cm³/mol. The van der Waals surface area contributed by atoms with Crippen molar-refractivity contribution < 1.29 is 17.6 Å². The van der Waals surface area contributed by atoms with Gasteiger partial charge in [0.2, 0.25) is 0 Å². The predicted octanol–water partition coefficient (Wildman–Crippen LogP) is 1.08. The van der Waals surface area contributed by atoms with Crippen molar-refractivity contribution in [3.05, 3.63) is 35.6 Å². The number of halogens is 1. The van der Waals surface area contributed by atoms with E-state index in [1.165, 1.54) is 23.1 Å². The molecule has 1 aromatic rings. The summed E-state index contributed by atoms with van der Waals surface area (Å²) in [6, 6.07) is 5.72. The van der Waals surface area contributed by atoms with Crippen LogP contribution in [-0.2, 0) is 9.84 Å². The maximum atomic E-state index is 13.5. The van der Waals surface area contributed by atoms with Crippen LogP contribution in [0.15, 0.2) is 24.3 Å². The molecule has 1 aliphatic heterocycles. The van der Waals surface area contributed by atoms with Gasteiger partial charge in [-0.15, -0.1) is 0 Å². The second-order valence-corrected chi connectivity index (χ2v) is 6.80. The fraction of sp³-hybridized carbons (Fsp3) is 0.417. The highest BCUT2D eigenvalue weighted by atomic mass is 32.2. The van der Waals surface area contributed by atoms with Crippen molar-refractivity contribution in [3.63, 3.8) is 0 Å². The molecule has 1 aromatic carbocycles. The van der Waals surface area contributed by atoms with Crippen LogP contribution in [0.1, 0.15) is 16.8 Å². The van der Waals surface area contributed by atoms with Crippen LogP contribution in [0.5, 0.6) is 0 Å². The highest BCUT2D eigenvalue weighted by molar-refractivity contribution is 7.91. The Hall–Kier alpha value is -1.43. The summed E-state index contributed by atoms with van der Waals surface area (Å²) in [4.78, 5) is 13.4. The van der Waals surface area contributed by atoms with E-state index < -0.39 is 26.8 Å². The van der Waals surface area contributed by atoms with Crippen LogP contribution < -0.4 is 0 Å². The third-order valence-electron chi connectivity index (χ3n) is 3.14. The number of hydrogen-bond acceptors (Lipinski definition) is 3. The van der Waals surface area contributed by atoms with E-state index in [9.17, 15) is 17.6 Å². The third kappa shape index (κ3) is 2.53. The van der Waals surface area contributed by atoms with Crippen molar-refractivity contribution in [2.45, 2.75) is 11.7 Å². The molecule has 1 atom stereocenters. The van der Waals surface area contributed by atoms with Gasteiger partial charge in [-0.05, 0) is 18.6 Å². The average Bonchev–Trinajstić information content (AvgIpc) is 2.77. The summed E-state index contributed by atoms with van der Waals surface area (Å²) in [5.41, 5.74) is -0.00773. The Balaban J connectivity index is 2.16. The lowest BCUT2D eigenvalue weighted by molar-refractivity contribution is 0.0788. The Labute approximate surface area is 105 Å². The molecule has 18 heavy (non-hydrogen) atoms. The number of carbonyl (C=O) groups excluding carboxylic acids is 1. The van der Waals surface area contributed by atoms with E-state index in [4.69, 9.17) is 0 Å². The number of hydrogen-bond donors (Lipinski definition) is 0. The largest absolute Gasteiger partial charge is 0.337 e. The van der Waals surface area contributed by atoms with Crippen LogP contribution in [0.2, 0.25) is 0 Å². The number of nitrogens with zero attached hydrogens (tertiary/aromatic N) is 1. The molecule has 1 aliphatic rings. The van der Waals surface area contributed by atoms with Crippen LogP contribution in [0.25, 0.3) is 0 Å². The van der Waals surface area contributed by atoms with E-state index in [1.54, 1.807) is 6.07 Å². The van der Waals surface area contributed by atoms with Gasteiger partial charge in [-0.25, -0.2) is 12.8 Å². The van der Waals surface area contributed by atoms with Crippen LogP contribution in [-0.4, -0.2) is 43.8 Å². The number of sulfone groups is 1. The normalized spacial score (nSPS) is 20.1. The van der Waals surface area contributed by atoms with Crippen molar-refractivity contribution in [3.8, 4) is 0 Å². The van der Waals surface area contributed by atoms with Crippen molar-refractivity contribution >= 4 is 15.7 Å². The van der Waals surface area contributed by atoms with E-state index in [-0.39, 0.29) is 12.1 Å². The van der Waals surface area contributed by atoms with Gasteiger partial charge < -0.3 is 4.90 Å². The molecule has 1 amide bonds. The smallest absolute Gasteiger partial charge is 0.256 e. The molecule has 0 aromatic heterocycles. The zero-order valence-corrected chi connectivity index (χ0v) is 10.8. The van der Waals surface area contributed by atoms with E-state index in [2.05, 4.69) is 0 Å². The van der Waals surface area contributed by atoms with Gasteiger partial charge in [0.05, 0.1) is 10.8 Å².